The Morgan fingerprint density at radius 3 is 2.80 bits per heavy atom. The molecule has 0 saturated heterocycles. The van der Waals surface area contributed by atoms with Gasteiger partial charge < -0.3 is 14.0 Å². The van der Waals surface area contributed by atoms with E-state index in [1.807, 2.05) is 11.5 Å². The molecule has 1 aliphatic heterocycles. The Bertz CT molecular complexity index is 811. The van der Waals surface area contributed by atoms with Crippen molar-refractivity contribution in [1.82, 2.24) is 9.55 Å². The Morgan fingerprint density at radius 1 is 1.40 bits per heavy atom. The molecule has 0 atom stereocenters. The molecule has 5 nitrogen and oxygen atoms in total. The topological polar surface area (TPSA) is 53.3 Å². The SMILES string of the molecule is CCOC(=O)c1nc(CC(C)C)c2n1CCc1cc(OC)c(Br)cc1-2. The molecule has 0 aliphatic carbocycles. The molecule has 1 aliphatic rings. The van der Waals surface area contributed by atoms with Crippen LogP contribution in [-0.4, -0.2) is 29.2 Å². The summed E-state index contributed by atoms with van der Waals surface area (Å²) in [6.45, 7) is 7.19. The molecule has 0 spiro atoms. The van der Waals surface area contributed by atoms with E-state index >= 15 is 0 Å². The number of benzene rings is 1. The Morgan fingerprint density at radius 2 is 2.16 bits per heavy atom. The fourth-order valence-electron chi connectivity index (χ4n) is 3.31. The number of nitrogens with zero attached hydrogens (tertiary/aromatic N) is 2. The Kier molecular flexibility index (Phi) is 5.18. The minimum absolute atomic E-state index is 0.347. The molecule has 3 rings (SSSR count). The highest BCUT2D eigenvalue weighted by atomic mass is 79.9. The Labute approximate surface area is 156 Å². The zero-order valence-electron chi connectivity index (χ0n) is 15.1. The van der Waals surface area contributed by atoms with Gasteiger partial charge in [-0.15, -0.1) is 0 Å². The highest BCUT2D eigenvalue weighted by Gasteiger charge is 2.29. The number of methoxy groups -OCH3 is 1. The Hall–Kier alpha value is -1.82. The standard InChI is InChI=1S/C19H23BrN2O3/c1-5-25-19(23)18-21-15(8-11(2)3)17-13-10-14(20)16(24-4)9-12(13)6-7-22(17)18/h9-11H,5-8H2,1-4H3. The number of carbonyl (C=O) groups is 1. The number of imidazole rings is 1. The number of halogens is 1. The lowest BCUT2D eigenvalue weighted by atomic mass is 9.94. The summed E-state index contributed by atoms with van der Waals surface area (Å²) in [4.78, 5) is 17.0. The molecule has 0 amide bonds. The monoisotopic (exact) mass is 406 g/mol. The maximum Gasteiger partial charge on any atom is 0.374 e. The van der Waals surface area contributed by atoms with Crippen molar-refractivity contribution in [3.63, 3.8) is 0 Å². The molecular formula is C19H23BrN2O3. The van der Waals surface area contributed by atoms with E-state index in [0.29, 0.717) is 24.9 Å². The van der Waals surface area contributed by atoms with E-state index in [4.69, 9.17) is 9.47 Å². The van der Waals surface area contributed by atoms with Gasteiger partial charge in [0.25, 0.3) is 0 Å². The molecule has 0 saturated carbocycles. The van der Waals surface area contributed by atoms with Crippen molar-refractivity contribution in [2.75, 3.05) is 13.7 Å². The third-order valence-corrected chi connectivity index (χ3v) is 4.96. The molecule has 6 heteroatoms. The average Bonchev–Trinajstić information content (AvgIpc) is 2.93. The molecule has 1 aromatic heterocycles. The molecule has 0 fully saturated rings. The van der Waals surface area contributed by atoms with Gasteiger partial charge in [0.1, 0.15) is 5.75 Å². The maximum atomic E-state index is 12.4. The molecule has 1 aromatic carbocycles. The van der Waals surface area contributed by atoms with Crippen molar-refractivity contribution in [1.29, 1.82) is 0 Å². The van der Waals surface area contributed by atoms with E-state index in [2.05, 4.69) is 46.9 Å². The smallest absolute Gasteiger partial charge is 0.374 e. The van der Waals surface area contributed by atoms with Crippen molar-refractivity contribution in [3.8, 4) is 17.0 Å². The number of rotatable bonds is 5. The summed E-state index contributed by atoms with van der Waals surface area (Å²) in [6.07, 6.45) is 1.65. The molecule has 2 aromatic rings. The second-order valence-electron chi connectivity index (χ2n) is 6.59. The zero-order chi connectivity index (χ0) is 18.1. The van der Waals surface area contributed by atoms with Crippen LogP contribution < -0.4 is 4.74 Å². The van der Waals surface area contributed by atoms with Crippen molar-refractivity contribution in [2.24, 2.45) is 5.92 Å². The van der Waals surface area contributed by atoms with Crippen LogP contribution in [0.5, 0.6) is 5.75 Å². The van der Waals surface area contributed by atoms with Gasteiger partial charge in [-0.1, -0.05) is 13.8 Å². The molecule has 0 N–H and O–H groups in total. The summed E-state index contributed by atoms with van der Waals surface area (Å²) >= 11 is 3.58. The number of hydrogen-bond acceptors (Lipinski definition) is 4. The maximum absolute atomic E-state index is 12.4. The number of esters is 1. The fraction of sp³-hybridized carbons (Fsp3) is 0.474. The fourth-order valence-corrected chi connectivity index (χ4v) is 3.82. The van der Waals surface area contributed by atoms with Crippen LogP contribution in [-0.2, 0) is 24.1 Å². The van der Waals surface area contributed by atoms with Crippen LogP contribution in [0.1, 0.15) is 42.6 Å². The first-order chi connectivity index (χ1) is 12.0. The van der Waals surface area contributed by atoms with Crippen LogP contribution in [0.2, 0.25) is 0 Å². The largest absolute Gasteiger partial charge is 0.496 e. The van der Waals surface area contributed by atoms with Gasteiger partial charge in [-0.2, -0.15) is 0 Å². The first kappa shape index (κ1) is 18.0. The van der Waals surface area contributed by atoms with Crippen molar-refractivity contribution >= 4 is 21.9 Å². The molecule has 0 radical (unpaired) electrons. The average molecular weight is 407 g/mol. The summed E-state index contributed by atoms with van der Waals surface area (Å²) in [6, 6.07) is 4.14. The lowest BCUT2D eigenvalue weighted by molar-refractivity contribution is 0.0506. The van der Waals surface area contributed by atoms with Gasteiger partial charge in [-0.05, 0) is 59.3 Å². The molecule has 0 bridgehead atoms. The number of hydrogen-bond donors (Lipinski definition) is 0. The van der Waals surface area contributed by atoms with Crippen LogP contribution in [0.25, 0.3) is 11.3 Å². The second kappa shape index (κ2) is 7.20. The number of fused-ring (bicyclic) bond motifs is 3. The molecule has 2 heterocycles. The van der Waals surface area contributed by atoms with Gasteiger partial charge in [0, 0.05) is 12.1 Å². The first-order valence-corrected chi connectivity index (χ1v) is 9.38. The molecular weight excluding hydrogens is 384 g/mol. The minimum atomic E-state index is -0.352. The van der Waals surface area contributed by atoms with E-state index in [-0.39, 0.29) is 5.97 Å². The van der Waals surface area contributed by atoms with Crippen molar-refractivity contribution in [3.05, 3.63) is 33.7 Å². The van der Waals surface area contributed by atoms with Gasteiger partial charge in [0.2, 0.25) is 5.82 Å². The predicted octanol–water partition coefficient (Wildman–Crippen LogP) is 4.25. The number of aryl methyl sites for hydroxylation is 1. The van der Waals surface area contributed by atoms with Gasteiger partial charge in [0.15, 0.2) is 0 Å². The van der Waals surface area contributed by atoms with E-state index in [1.54, 1.807) is 7.11 Å². The summed E-state index contributed by atoms with van der Waals surface area (Å²) in [5.74, 6) is 1.32. The summed E-state index contributed by atoms with van der Waals surface area (Å²) in [7, 11) is 1.67. The molecule has 0 unspecified atom stereocenters. The number of ether oxygens (including phenoxy) is 2. The van der Waals surface area contributed by atoms with E-state index in [9.17, 15) is 4.79 Å². The molecule has 134 valence electrons. The van der Waals surface area contributed by atoms with E-state index < -0.39 is 0 Å². The summed E-state index contributed by atoms with van der Waals surface area (Å²) in [5, 5.41) is 0. The van der Waals surface area contributed by atoms with Crippen LogP contribution >= 0.6 is 15.9 Å². The minimum Gasteiger partial charge on any atom is -0.496 e. The highest BCUT2D eigenvalue weighted by Crippen LogP contribution is 2.39. The zero-order valence-corrected chi connectivity index (χ0v) is 16.6. The third-order valence-electron chi connectivity index (χ3n) is 4.34. The lowest BCUT2D eigenvalue weighted by Gasteiger charge is -2.22. The van der Waals surface area contributed by atoms with Gasteiger partial charge in [-0.25, -0.2) is 9.78 Å². The van der Waals surface area contributed by atoms with Crippen LogP contribution in [0.15, 0.2) is 16.6 Å². The second-order valence-corrected chi connectivity index (χ2v) is 7.45. The van der Waals surface area contributed by atoms with Gasteiger partial charge in [0.05, 0.1) is 29.6 Å². The predicted molar refractivity (Wildman–Crippen MR) is 100 cm³/mol. The van der Waals surface area contributed by atoms with Gasteiger partial charge >= 0.3 is 5.97 Å². The lowest BCUT2D eigenvalue weighted by Crippen LogP contribution is -2.18. The first-order valence-electron chi connectivity index (χ1n) is 8.59. The highest BCUT2D eigenvalue weighted by molar-refractivity contribution is 9.10. The van der Waals surface area contributed by atoms with Crippen molar-refractivity contribution in [2.45, 2.75) is 40.2 Å². The van der Waals surface area contributed by atoms with Crippen LogP contribution in [0.4, 0.5) is 0 Å². The quantitative estimate of drug-likeness (QED) is 0.696. The number of carbonyl (C=O) groups excluding carboxylic acids is 1. The molecule has 25 heavy (non-hydrogen) atoms. The normalized spacial score (nSPS) is 12.7. The summed E-state index contributed by atoms with van der Waals surface area (Å²) in [5.41, 5.74) is 4.31. The van der Waals surface area contributed by atoms with Crippen LogP contribution in [0, 0.1) is 5.92 Å². The van der Waals surface area contributed by atoms with E-state index in [0.717, 1.165) is 40.0 Å². The van der Waals surface area contributed by atoms with Crippen LogP contribution in [0.3, 0.4) is 0 Å². The third kappa shape index (κ3) is 3.32. The Balaban J connectivity index is 2.18. The summed E-state index contributed by atoms with van der Waals surface area (Å²) < 4.78 is 13.5. The number of aromatic nitrogens is 2. The van der Waals surface area contributed by atoms with Gasteiger partial charge in [-0.3, -0.25) is 0 Å². The van der Waals surface area contributed by atoms with E-state index in [1.165, 1.54) is 5.56 Å². The van der Waals surface area contributed by atoms with Crippen molar-refractivity contribution < 1.29 is 14.3 Å².